The number of carbonyl (C=O) groups excluding carboxylic acids is 1. The number of aromatic nitrogens is 4. The van der Waals surface area contributed by atoms with Gasteiger partial charge in [0.1, 0.15) is 17.9 Å². The highest BCUT2D eigenvalue weighted by Gasteiger charge is 2.21. The van der Waals surface area contributed by atoms with Crippen LogP contribution in [0.15, 0.2) is 43.9 Å². The monoisotopic (exact) mass is 389 g/mol. The predicted molar refractivity (Wildman–Crippen MR) is 99.1 cm³/mol. The van der Waals surface area contributed by atoms with Crippen LogP contribution < -0.4 is 16.0 Å². The molecule has 0 bridgehead atoms. The molecule has 4 rings (SSSR count). The Balaban J connectivity index is 1.62. The Morgan fingerprint density at radius 2 is 2.07 bits per heavy atom. The maximum Gasteiger partial charge on any atom is 0.331 e. The smallest absolute Gasteiger partial charge is 0.310 e. The van der Waals surface area contributed by atoms with Gasteiger partial charge < -0.3 is 4.72 Å². The third-order valence-electron chi connectivity index (χ3n) is 4.24. The Labute approximate surface area is 154 Å². The minimum Gasteiger partial charge on any atom is -0.310 e. The highest BCUT2D eigenvalue weighted by molar-refractivity contribution is 8.27. The molecule has 0 aliphatic carbocycles. The standard InChI is InChI=1S/C16H14FN6O3S/c1-21-11-6-19-23(14(11)15(25)22(2)16(21)26)7-13(24)20-27-8-18-10-4-3-9(17)5-12(10)27/h3-6,27H,7H2,1-2H3,(H,20,24). The van der Waals surface area contributed by atoms with Gasteiger partial charge in [0.2, 0.25) is 0 Å². The van der Waals surface area contributed by atoms with E-state index in [9.17, 15) is 18.8 Å². The number of thiol groups is 1. The third-order valence-corrected chi connectivity index (χ3v) is 5.85. The molecule has 0 saturated carbocycles. The second kappa shape index (κ2) is 6.20. The molecule has 1 aromatic carbocycles. The zero-order valence-corrected chi connectivity index (χ0v) is 15.2. The molecule has 1 unspecified atom stereocenters. The molecule has 3 heterocycles. The molecule has 3 aromatic rings. The molecule has 1 radical (unpaired) electrons. The highest BCUT2D eigenvalue weighted by atomic mass is 32.2. The van der Waals surface area contributed by atoms with Gasteiger partial charge >= 0.3 is 5.69 Å². The first kappa shape index (κ1) is 17.2. The molecule has 1 aliphatic rings. The van der Waals surface area contributed by atoms with Crippen molar-refractivity contribution in [1.82, 2.24) is 23.6 Å². The summed E-state index contributed by atoms with van der Waals surface area (Å²) >= 11 is -1.40. The fourth-order valence-electron chi connectivity index (χ4n) is 2.84. The molecule has 1 aliphatic heterocycles. The average Bonchev–Trinajstić information content (AvgIpc) is 3.22. The van der Waals surface area contributed by atoms with Crippen LogP contribution in [-0.2, 0) is 25.4 Å². The largest absolute Gasteiger partial charge is 0.331 e. The summed E-state index contributed by atoms with van der Waals surface area (Å²) in [6.07, 6.45) is 1.37. The zero-order valence-electron chi connectivity index (χ0n) is 14.3. The quantitative estimate of drug-likeness (QED) is 0.625. The fourth-order valence-corrected chi connectivity index (χ4v) is 4.26. The van der Waals surface area contributed by atoms with Crippen LogP contribution in [0.2, 0.25) is 0 Å². The number of rotatable bonds is 3. The first-order valence-corrected chi connectivity index (χ1v) is 9.18. The van der Waals surface area contributed by atoms with Gasteiger partial charge in [-0.25, -0.2) is 18.9 Å². The Hall–Kier alpha value is -3.21. The van der Waals surface area contributed by atoms with Crippen molar-refractivity contribution in [2.45, 2.75) is 11.4 Å². The first-order chi connectivity index (χ1) is 12.9. The van der Waals surface area contributed by atoms with Crippen molar-refractivity contribution in [1.29, 1.82) is 0 Å². The van der Waals surface area contributed by atoms with Gasteiger partial charge in [0.05, 0.1) is 17.4 Å². The molecular weight excluding hydrogens is 375 g/mol. The topological polar surface area (TPSA) is 103 Å². The molecule has 11 heteroatoms. The third kappa shape index (κ3) is 2.76. The lowest BCUT2D eigenvalue weighted by atomic mass is 10.3. The van der Waals surface area contributed by atoms with Crippen LogP contribution in [0.25, 0.3) is 11.0 Å². The summed E-state index contributed by atoms with van der Waals surface area (Å²) in [4.78, 5) is 41.4. The molecule has 139 valence electrons. The van der Waals surface area contributed by atoms with Gasteiger partial charge in [-0.05, 0) is 18.2 Å². The van der Waals surface area contributed by atoms with Crippen LogP contribution in [-0.4, -0.2) is 30.4 Å². The summed E-state index contributed by atoms with van der Waals surface area (Å²) in [5.41, 5.74) is 2.82. The number of amides is 1. The van der Waals surface area contributed by atoms with Gasteiger partial charge in [0, 0.05) is 19.0 Å². The lowest BCUT2D eigenvalue weighted by Gasteiger charge is -2.15. The van der Waals surface area contributed by atoms with E-state index in [2.05, 4.69) is 20.4 Å². The maximum atomic E-state index is 13.5. The summed E-state index contributed by atoms with van der Waals surface area (Å²) < 4.78 is 19.7. The van der Waals surface area contributed by atoms with Crippen LogP contribution in [0, 0.1) is 5.82 Å². The van der Waals surface area contributed by atoms with Crippen molar-refractivity contribution in [2.75, 3.05) is 0 Å². The zero-order chi connectivity index (χ0) is 19.3. The van der Waals surface area contributed by atoms with Crippen molar-refractivity contribution < 1.29 is 9.18 Å². The molecule has 1 N–H and O–H groups in total. The molecule has 27 heavy (non-hydrogen) atoms. The van der Waals surface area contributed by atoms with Crippen LogP contribution in [0.3, 0.4) is 0 Å². The second-order valence-corrected chi connectivity index (χ2v) is 7.53. The Morgan fingerprint density at radius 1 is 1.30 bits per heavy atom. The number of aliphatic imine (C=N–C) groups is 1. The predicted octanol–water partition coefficient (Wildman–Crippen LogP) is 0.215. The molecule has 9 nitrogen and oxygen atoms in total. The molecule has 1 amide bonds. The van der Waals surface area contributed by atoms with E-state index in [0.29, 0.717) is 16.1 Å². The highest BCUT2D eigenvalue weighted by Crippen LogP contribution is 2.43. The second-order valence-electron chi connectivity index (χ2n) is 5.96. The molecule has 2 aromatic heterocycles. The van der Waals surface area contributed by atoms with E-state index < -0.39 is 34.1 Å². The van der Waals surface area contributed by atoms with Crippen LogP contribution in [0.4, 0.5) is 10.1 Å². The SMILES string of the molecule is Cn1c(=O)c2c(cnn2CC(=O)N[SH]2[C]=Nc3ccc(F)cc32)n(C)c1=O. The van der Waals surface area contributed by atoms with E-state index >= 15 is 0 Å². The summed E-state index contributed by atoms with van der Waals surface area (Å²) in [6, 6.07) is 4.14. The van der Waals surface area contributed by atoms with Crippen molar-refractivity contribution in [3.8, 4) is 0 Å². The van der Waals surface area contributed by atoms with Crippen molar-refractivity contribution in [3.63, 3.8) is 0 Å². The minimum absolute atomic E-state index is 0.151. The Kier molecular flexibility index (Phi) is 3.95. The van der Waals surface area contributed by atoms with Crippen molar-refractivity contribution in [2.24, 2.45) is 19.1 Å². The van der Waals surface area contributed by atoms with Gasteiger partial charge in [-0.2, -0.15) is 5.10 Å². The molecule has 0 spiro atoms. The summed E-state index contributed by atoms with van der Waals surface area (Å²) in [6.45, 7) is -0.234. The van der Waals surface area contributed by atoms with E-state index in [1.54, 1.807) is 0 Å². The van der Waals surface area contributed by atoms with Crippen LogP contribution in [0.1, 0.15) is 0 Å². The number of nitrogens with zero attached hydrogens (tertiary/aromatic N) is 5. The number of fused-ring (bicyclic) bond motifs is 2. The van der Waals surface area contributed by atoms with Crippen LogP contribution >= 0.6 is 11.1 Å². The van der Waals surface area contributed by atoms with Crippen molar-refractivity contribution in [3.05, 3.63) is 51.1 Å². The fraction of sp³-hybridized carbons (Fsp3) is 0.188. The minimum atomic E-state index is -1.40. The summed E-state index contributed by atoms with van der Waals surface area (Å²) in [5.74, 6) is -0.848. The average molecular weight is 389 g/mol. The molecule has 1 atom stereocenters. The van der Waals surface area contributed by atoms with Crippen molar-refractivity contribution >= 4 is 39.3 Å². The lowest BCUT2D eigenvalue weighted by Crippen LogP contribution is -2.38. The summed E-state index contributed by atoms with van der Waals surface area (Å²) in [7, 11) is 2.88. The number of aryl methyl sites for hydroxylation is 1. The summed E-state index contributed by atoms with van der Waals surface area (Å²) in [5, 5.41) is 4.06. The van der Waals surface area contributed by atoms with E-state index in [1.807, 2.05) is 0 Å². The maximum absolute atomic E-state index is 13.5. The normalized spacial score (nSPS) is 16.6. The van der Waals surface area contributed by atoms with E-state index in [0.717, 1.165) is 4.57 Å². The van der Waals surface area contributed by atoms with Gasteiger partial charge in [-0.15, -0.1) is 11.1 Å². The number of halogens is 1. The Bertz CT molecular complexity index is 1240. The van der Waals surface area contributed by atoms with Gasteiger partial charge in [0.25, 0.3) is 11.5 Å². The van der Waals surface area contributed by atoms with Gasteiger partial charge in [-0.3, -0.25) is 18.7 Å². The van der Waals surface area contributed by atoms with E-state index in [1.165, 1.54) is 47.7 Å². The number of hydrogen-bond donors (Lipinski definition) is 2. The lowest BCUT2D eigenvalue weighted by molar-refractivity contribution is -0.119. The number of benzene rings is 1. The number of hydrogen-bond acceptors (Lipinski definition) is 5. The molecular formula is C16H14FN6O3S. The first-order valence-electron chi connectivity index (χ1n) is 7.84. The van der Waals surface area contributed by atoms with E-state index in [-0.39, 0.29) is 12.1 Å². The number of nitrogens with one attached hydrogen (secondary N) is 1. The molecule has 0 fully saturated rings. The van der Waals surface area contributed by atoms with Gasteiger partial charge in [0.15, 0.2) is 5.52 Å². The Morgan fingerprint density at radius 3 is 2.85 bits per heavy atom. The van der Waals surface area contributed by atoms with E-state index in [4.69, 9.17) is 0 Å². The molecule has 0 saturated heterocycles. The van der Waals surface area contributed by atoms with Gasteiger partial charge in [-0.1, -0.05) is 0 Å². The van der Waals surface area contributed by atoms with Crippen LogP contribution in [0.5, 0.6) is 0 Å². The number of carbonyl (C=O) groups is 1.